The second kappa shape index (κ2) is 10.3. The zero-order valence-corrected chi connectivity index (χ0v) is 23.7. The maximum Gasteiger partial charge on any atom is 0.286 e. The Balaban J connectivity index is 1.25. The second-order valence-corrected chi connectivity index (χ2v) is 10.8. The van der Waals surface area contributed by atoms with E-state index in [1.54, 1.807) is 35.6 Å². The molecule has 7 rings (SSSR count). The molecule has 1 aliphatic rings. The third kappa shape index (κ3) is 4.26. The molecule has 6 aromatic rings. The van der Waals surface area contributed by atoms with Crippen molar-refractivity contribution in [3.05, 3.63) is 132 Å². The van der Waals surface area contributed by atoms with Crippen LogP contribution in [0.3, 0.4) is 0 Å². The number of para-hydroxylation sites is 2. The Morgan fingerprint density at radius 2 is 1.53 bits per heavy atom. The molecule has 3 amide bonds. The minimum atomic E-state index is -0.907. The molecule has 0 radical (unpaired) electrons. The molecular weight excluding hydrogens is 538 g/mol. The predicted octanol–water partition coefficient (Wildman–Crippen LogP) is 5.72. The lowest BCUT2D eigenvalue weighted by Gasteiger charge is -2.31. The standard InChI is InChI=1S/C35H29N5O3/c1-21(33(41)37-38-34(42)29-20-23-14-6-11-19-28(23)39(29)2)40-32(24-15-7-8-16-25(24)35(40)43)30-26-17-9-10-18-27(26)36-31(30)22-12-4-3-5-13-22/h3-21,32,36H,1-2H3,(H,37,41)(H,38,42). The smallest absolute Gasteiger partial charge is 0.286 e. The Labute approximate surface area is 247 Å². The summed E-state index contributed by atoms with van der Waals surface area (Å²) in [5, 5.41) is 1.89. The molecule has 2 unspecified atom stereocenters. The van der Waals surface area contributed by atoms with Crippen LogP contribution in [-0.4, -0.2) is 38.2 Å². The lowest BCUT2D eigenvalue weighted by atomic mass is 9.92. The Morgan fingerprint density at radius 1 is 0.837 bits per heavy atom. The van der Waals surface area contributed by atoms with Gasteiger partial charge in [0.25, 0.3) is 17.7 Å². The first-order valence-electron chi connectivity index (χ1n) is 14.2. The van der Waals surface area contributed by atoms with Crippen molar-refractivity contribution in [2.75, 3.05) is 0 Å². The molecule has 2 aromatic heterocycles. The van der Waals surface area contributed by atoms with Crippen molar-refractivity contribution >= 4 is 39.5 Å². The van der Waals surface area contributed by atoms with E-state index in [1.165, 1.54) is 0 Å². The van der Waals surface area contributed by atoms with Gasteiger partial charge in [0.05, 0.1) is 11.7 Å². The zero-order chi connectivity index (χ0) is 29.7. The van der Waals surface area contributed by atoms with Crippen LogP contribution in [0.5, 0.6) is 0 Å². The normalized spacial score (nSPS) is 15.1. The fourth-order valence-corrected chi connectivity index (χ4v) is 6.23. The van der Waals surface area contributed by atoms with Crippen LogP contribution >= 0.6 is 0 Å². The number of fused-ring (bicyclic) bond motifs is 3. The van der Waals surface area contributed by atoms with Gasteiger partial charge in [-0.3, -0.25) is 25.2 Å². The number of aromatic nitrogens is 2. The van der Waals surface area contributed by atoms with E-state index in [0.717, 1.165) is 44.2 Å². The van der Waals surface area contributed by atoms with Crippen LogP contribution in [0, 0.1) is 0 Å². The third-order valence-electron chi connectivity index (χ3n) is 8.36. The number of aromatic amines is 1. The number of hydrogen-bond acceptors (Lipinski definition) is 3. The van der Waals surface area contributed by atoms with Crippen LogP contribution in [0.2, 0.25) is 0 Å². The Bertz CT molecular complexity index is 2040. The molecule has 8 heteroatoms. The van der Waals surface area contributed by atoms with E-state index in [1.807, 2.05) is 97.1 Å². The summed E-state index contributed by atoms with van der Waals surface area (Å²) in [5.41, 5.74) is 11.5. The molecule has 0 saturated carbocycles. The minimum Gasteiger partial charge on any atom is -0.354 e. The van der Waals surface area contributed by atoms with E-state index in [2.05, 4.69) is 15.8 Å². The number of carbonyl (C=O) groups is 3. The van der Waals surface area contributed by atoms with Gasteiger partial charge >= 0.3 is 0 Å². The largest absolute Gasteiger partial charge is 0.354 e. The monoisotopic (exact) mass is 567 g/mol. The van der Waals surface area contributed by atoms with Crippen molar-refractivity contribution in [3.63, 3.8) is 0 Å². The van der Waals surface area contributed by atoms with Crippen LogP contribution < -0.4 is 10.9 Å². The first-order valence-corrected chi connectivity index (χ1v) is 14.2. The van der Waals surface area contributed by atoms with Crippen molar-refractivity contribution in [1.82, 2.24) is 25.3 Å². The molecule has 0 fully saturated rings. The zero-order valence-electron chi connectivity index (χ0n) is 23.7. The van der Waals surface area contributed by atoms with Gasteiger partial charge < -0.3 is 14.5 Å². The van der Waals surface area contributed by atoms with Gasteiger partial charge in [-0.15, -0.1) is 0 Å². The first kappa shape index (κ1) is 26.3. The number of nitrogens with zero attached hydrogens (tertiary/aromatic N) is 2. The summed E-state index contributed by atoms with van der Waals surface area (Å²) in [6.07, 6.45) is 0. The molecule has 0 spiro atoms. The summed E-state index contributed by atoms with van der Waals surface area (Å²) in [7, 11) is 1.80. The summed E-state index contributed by atoms with van der Waals surface area (Å²) >= 11 is 0. The number of rotatable bonds is 5. The molecule has 2 atom stereocenters. The molecule has 43 heavy (non-hydrogen) atoms. The molecule has 0 aliphatic carbocycles. The molecule has 0 bridgehead atoms. The maximum atomic E-state index is 14.0. The lowest BCUT2D eigenvalue weighted by molar-refractivity contribution is -0.126. The summed E-state index contributed by atoms with van der Waals surface area (Å²) in [6, 6.07) is 33.5. The highest BCUT2D eigenvalue weighted by Crippen LogP contribution is 2.46. The molecule has 3 heterocycles. The van der Waals surface area contributed by atoms with E-state index in [4.69, 9.17) is 0 Å². The Hall–Kier alpha value is -5.63. The minimum absolute atomic E-state index is 0.243. The van der Waals surface area contributed by atoms with Gasteiger partial charge in [0.1, 0.15) is 11.7 Å². The predicted molar refractivity (Wildman–Crippen MR) is 166 cm³/mol. The van der Waals surface area contributed by atoms with Gasteiger partial charge in [-0.1, -0.05) is 84.9 Å². The van der Waals surface area contributed by atoms with Gasteiger partial charge in [-0.25, -0.2) is 0 Å². The number of benzene rings is 4. The lowest BCUT2D eigenvalue weighted by Crippen LogP contribution is -2.52. The highest BCUT2D eigenvalue weighted by atomic mass is 16.2. The fraction of sp³-hybridized carbons (Fsp3) is 0.114. The molecular formula is C35H29N5O3. The Morgan fingerprint density at radius 3 is 2.35 bits per heavy atom. The number of hydrogen-bond donors (Lipinski definition) is 3. The Kier molecular flexibility index (Phi) is 6.31. The van der Waals surface area contributed by atoms with Crippen molar-refractivity contribution in [2.24, 2.45) is 7.05 Å². The first-order chi connectivity index (χ1) is 20.9. The topological polar surface area (TPSA) is 99.2 Å². The molecule has 4 aromatic carbocycles. The van der Waals surface area contributed by atoms with Crippen molar-refractivity contribution in [2.45, 2.75) is 19.0 Å². The third-order valence-corrected chi connectivity index (χ3v) is 8.36. The van der Waals surface area contributed by atoms with Gasteiger partial charge in [0, 0.05) is 40.0 Å². The molecule has 8 nitrogen and oxygen atoms in total. The molecule has 212 valence electrons. The summed E-state index contributed by atoms with van der Waals surface area (Å²) < 4.78 is 1.78. The second-order valence-electron chi connectivity index (χ2n) is 10.8. The van der Waals surface area contributed by atoms with Crippen LogP contribution in [0.15, 0.2) is 109 Å². The number of hydrazine groups is 1. The molecule has 0 saturated heterocycles. The van der Waals surface area contributed by atoms with Gasteiger partial charge in [-0.05, 0) is 42.3 Å². The highest BCUT2D eigenvalue weighted by molar-refractivity contribution is 6.05. The van der Waals surface area contributed by atoms with E-state index in [-0.39, 0.29) is 5.91 Å². The van der Waals surface area contributed by atoms with Crippen LogP contribution in [0.25, 0.3) is 33.1 Å². The summed E-state index contributed by atoms with van der Waals surface area (Å²) in [4.78, 5) is 45.9. The van der Waals surface area contributed by atoms with E-state index in [9.17, 15) is 14.4 Å². The van der Waals surface area contributed by atoms with Gasteiger partial charge in [0.2, 0.25) is 0 Å². The number of nitrogens with one attached hydrogen (secondary N) is 3. The van der Waals surface area contributed by atoms with Crippen LogP contribution in [-0.2, 0) is 11.8 Å². The van der Waals surface area contributed by atoms with E-state index < -0.39 is 23.9 Å². The number of H-pyrrole nitrogens is 1. The molecule has 3 N–H and O–H groups in total. The number of amides is 3. The highest BCUT2D eigenvalue weighted by Gasteiger charge is 2.44. The average Bonchev–Trinajstić information content (AvgIpc) is 3.69. The average molecular weight is 568 g/mol. The number of carbonyl (C=O) groups excluding carboxylic acids is 3. The fourth-order valence-electron chi connectivity index (χ4n) is 6.23. The molecule has 1 aliphatic heterocycles. The van der Waals surface area contributed by atoms with Gasteiger partial charge in [-0.2, -0.15) is 0 Å². The quantitative estimate of drug-likeness (QED) is 0.232. The maximum absolute atomic E-state index is 14.0. The SMILES string of the molecule is CC(C(=O)NNC(=O)c1cc2ccccc2n1C)N1C(=O)c2ccccc2C1c1c(-c2ccccc2)[nH]c2ccccc12. The number of aryl methyl sites for hydroxylation is 1. The van der Waals surface area contributed by atoms with Crippen molar-refractivity contribution < 1.29 is 14.4 Å². The van der Waals surface area contributed by atoms with Crippen LogP contribution in [0.4, 0.5) is 0 Å². The summed E-state index contributed by atoms with van der Waals surface area (Å²) in [6.45, 7) is 1.69. The van der Waals surface area contributed by atoms with Crippen LogP contribution in [0.1, 0.15) is 44.9 Å². The van der Waals surface area contributed by atoms with Gasteiger partial charge in [0.15, 0.2) is 0 Å². The van der Waals surface area contributed by atoms with Crippen molar-refractivity contribution in [3.8, 4) is 11.3 Å². The van der Waals surface area contributed by atoms with Crippen molar-refractivity contribution in [1.29, 1.82) is 0 Å². The van der Waals surface area contributed by atoms with E-state index in [0.29, 0.717) is 11.3 Å². The van der Waals surface area contributed by atoms with E-state index >= 15 is 0 Å². The summed E-state index contributed by atoms with van der Waals surface area (Å²) in [5.74, 6) is -1.19.